The van der Waals surface area contributed by atoms with Crippen LogP contribution in [0.5, 0.6) is 5.75 Å². The summed E-state index contributed by atoms with van der Waals surface area (Å²) in [6.07, 6.45) is 5.38. The zero-order valence-electron chi connectivity index (χ0n) is 12.4. The van der Waals surface area contributed by atoms with Gasteiger partial charge in [-0.15, -0.1) is 0 Å². The van der Waals surface area contributed by atoms with Crippen LogP contribution in [-0.4, -0.2) is 30.0 Å². The summed E-state index contributed by atoms with van der Waals surface area (Å²) >= 11 is 0. The maximum atomic E-state index is 5.55. The van der Waals surface area contributed by atoms with Gasteiger partial charge in [0.15, 0.2) is 0 Å². The molecule has 1 saturated carbocycles. The highest BCUT2D eigenvalue weighted by Gasteiger charge is 2.30. The van der Waals surface area contributed by atoms with Gasteiger partial charge in [-0.25, -0.2) is 4.68 Å². The van der Waals surface area contributed by atoms with Gasteiger partial charge in [-0.2, -0.15) is 5.10 Å². The largest absolute Gasteiger partial charge is 0.497 e. The molecule has 0 radical (unpaired) electrons. The SMILES string of the molecule is COc1ccc(-n2ncc(NCCCN)c2C2CC2)cc1. The van der Waals surface area contributed by atoms with Gasteiger partial charge in [-0.05, 0) is 50.1 Å². The van der Waals surface area contributed by atoms with Crippen molar-refractivity contribution in [3.05, 3.63) is 36.2 Å². The second-order valence-electron chi connectivity index (χ2n) is 5.40. The molecule has 0 aliphatic heterocycles. The zero-order valence-corrected chi connectivity index (χ0v) is 12.4. The number of nitrogens with zero attached hydrogens (tertiary/aromatic N) is 2. The first-order valence-electron chi connectivity index (χ1n) is 7.49. The molecule has 2 aromatic rings. The Labute approximate surface area is 125 Å². The van der Waals surface area contributed by atoms with Crippen molar-refractivity contribution in [2.24, 2.45) is 5.73 Å². The molecule has 0 atom stereocenters. The van der Waals surface area contributed by atoms with Gasteiger partial charge in [0.05, 0.1) is 30.4 Å². The van der Waals surface area contributed by atoms with E-state index >= 15 is 0 Å². The lowest BCUT2D eigenvalue weighted by Crippen LogP contribution is -2.10. The number of aromatic nitrogens is 2. The van der Waals surface area contributed by atoms with Gasteiger partial charge in [0.1, 0.15) is 5.75 Å². The van der Waals surface area contributed by atoms with Gasteiger partial charge in [-0.1, -0.05) is 0 Å². The molecule has 0 spiro atoms. The van der Waals surface area contributed by atoms with Crippen LogP contribution in [0.1, 0.15) is 30.9 Å². The Hall–Kier alpha value is -2.01. The Bertz CT molecular complexity index is 587. The summed E-state index contributed by atoms with van der Waals surface area (Å²) < 4.78 is 7.26. The van der Waals surface area contributed by atoms with Crippen molar-refractivity contribution in [3.63, 3.8) is 0 Å². The van der Waals surface area contributed by atoms with E-state index in [-0.39, 0.29) is 0 Å². The molecular weight excluding hydrogens is 264 g/mol. The van der Waals surface area contributed by atoms with Crippen LogP contribution in [0.25, 0.3) is 5.69 Å². The van der Waals surface area contributed by atoms with Crippen LogP contribution in [-0.2, 0) is 0 Å². The maximum absolute atomic E-state index is 5.55. The minimum absolute atomic E-state index is 0.620. The first-order valence-corrected chi connectivity index (χ1v) is 7.49. The summed E-state index contributed by atoms with van der Waals surface area (Å²) in [5, 5.41) is 8.02. The van der Waals surface area contributed by atoms with Crippen molar-refractivity contribution >= 4 is 5.69 Å². The lowest BCUT2D eigenvalue weighted by molar-refractivity contribution is 0.414. The number of ether oxygens (including phenoxy) is 1. The Morgan fingerprint density at radius 1 is 1.33 bits per heavy atom. The minimum atomic E-state index is 0.620. The molecule has 0 unspecified atom stereocenters. The minimum Gasteiger partial charge on any atom is -0.497 e. The number of nitrogens with two attached hydrogens (primary N) is 1. The van der Waals surface area contributed by atoms with E-state index in [1.54, 1.807) is 7.11 Å². The molecule has 1 aromatic carbocycles. The summed E-state index contributed by atoms with van der Waals surface area (Å²) in [5.41, 5.74) is 9.06. The molecule has 21 heavy (non-hydrogen) atoms. The highest BCUT2D eigenvalue weighted by atomic mass is 16.5. The van der Waals surface area contributed by atoms with Gasteiger partial charge in [0.25, 0.3) is 0 Å². The van der Waals surface area contributed by atoms with Crippen LogP contribution < -0.4 is 15.8 Å². The van der Waals surface area contributed by atoms with Crippen LogP contribution in [0, 0.1) is 0 Å². The molecule has 3 N–H and O–H groups in total. The predicted octanol–water partition coefficient (Wildman–Crippen LogP) is 2.52. The Morgan fingerprint density at radius 2 is 2.10 bits per heavy atom. The number of benzene rings is 1. The van der Waals surface area contributed by atoms with E-state index in [0.717, 1.165) is 30.1 Å². The van der Waals surface area contributed by atoms with E-state index in [1.807, 2.05) is 35.1 Å². The fourth-order valence-electron chi connectivity index (χ4n) is 2.50. The molecule has 0 bridgehead atoms. The number of methoxy groups -OCH3 is 1. The standard InChI is InChI=1S/C16H22N4O/c1-21-14-7-5-13(6-8-14)20-16(12-3-4-12)15(11-19-20)18-10-2-9-17/h5-8,11-12,18H,2-4,9-10,17H2,1H3. The van der Waals surface area contributed by atoms with E-state index in [4.69, 9.17) is 10.5 Å². The summed E-state index contributed by atoms with van der Waals surface area (Å²) in [5.74, 6) is 1.48. The average Bonchev–Trinajstić information content (AvgIpc) is 3.28. The number of rotatable bonds is 7. The van der Waals surface area contributed by atoms with Crippen molar-refractivity contribution in [1.29, 1.82) is 0 Å². The van der Waals surface area contributed by atoms with Crippen molar-refractivity contribution in [2.75, 3.05) is 25.5 Å². The first kappa shape index (κ1) is 13.9. The summed E-state index contributed by atoms with van der Waals surface area (Å²) in [7, 11) is 1.68. The predicted molar refractivity (Wildman–Crippen MR) is 84.3 cm³/mol. The molecule has 5 nitrogen and oxygen atoms in total. The fourth-order valence-corrected chi connectivity index (χ4v) is 2.50. The van der Waals surface area contributed by atoms with Crippen LogP contribution in [0.3, 0.4) is 0 Å². The number of hydrogen-bond acceptors (Lipinski definition) is 4. The molecule has 1 aliphatic carbocycles. The third kappa shape index (κ3) is 3.03. The van der Waals surface area contributed by atoms with Crippen molar-refractivity contribution < 1.29 is 4.74 Å². The molecule has 5 heteroatoms. The van der Waals surface area contributed by atoms with Gasteiger partial charge < -0.3 is 15.8 Å². The number of anilines is 1. The van der Waals surface area contributed by atoms with Gasteiger partial charge in [0.2, 0.25) is 0 Å². The van der Waals surface area contributed by atoms with E-state index in [0.29, 0.717) is 12.5 Å². The van der Waals surface area contributed by atoms with Gasteiger partial charge in [0, 0.05) is 12.5 Å². The van der Waals surface area contributed by atoms with Gasteiger partial charge >= 0.3 is 0 Å². The Balaban J connectivity index is 1.86. The second-order valence-corrected chi connectivity index (χ2v) is 5.40. The molecule has 0 saturated heterocycles. The van der Waals surface area contributed by atoms with Crippen LogP contribution in [0.15, 0.2) is 30.5 Å². The highest BCUT2D eigenvalue weighted by Crippen LogP contribution is 2.44. The van der Waals surface area contributed by atoms with Gasteiger partial charge in [-0.3, -0.25) is 0 Å². The Morgan fingerprint density at radius 3 is 2.71 bits per heavy atom. The molecular formula is C16H22N4O. The van der Waals surface area contributed by atoms with E-state index < -0.39 is 0 Å². The first-order chi connectivity index (χ1) is 10.3. The summed E-state index contributed by atoms with van der Waals surface area (Å²) in [6.45, 7) is 1.60. The van der Waals surface area contributed by atoms with Crippen LogP contribution in [0.4, 0.5) is 5.69 Å². The smallest absolute Gasteiger partial charge is 0.119 e. The molecule has 3 rings (SSSR count). The molecule has 1 fully saturated rings. The molecule has 0 amide bonds. The Kier molecular flexibility index (Phi) is 4.10. The summed E-state index contributed by atoms with van der Waals surface area (Å²) in [4.78, 5) is 0. The van der Waals surface area contributed by atoms with Crippen molar-refractivity contribution in [2.45, 2.75) is 25.2 Å². The molecule has 1 heterocycles. The second kappa shape index (κ2) is 6.18. The van der Waals surface area contributed by atoms with E-state index in [9.17, 15) is 0 Å². The topological polar surface area (TPSA) is 65.1 Å². The molecule has 1 aromatic heterocycles. The van der Waals surface area contributed by atoms with Crippen molar-refractivity contribution in [1.82, 2.24) is 9.78 Å². The number of hydrogen-bond donors (Lipinski definition) is 2. The molecule has 1 aliphatic rings. The zero-order chi connectivity index (χ0) is 14.7. The lowest BCUT2D eigenvalue weighted by atomic mass is 10.2. The lowest BCUT2D eigenvalue weighted by Gasteiger charge is -2.10. The molecule has 112 valence electrons. The maximum Gasteiger partial charge on any atom is 0.119 e. The summed E-state index contributed by atoms with van der Waals surface area (Å²) in [6, 6.07) is 8.02. The quantitative estimate of drug-likeness (QED) is 0.768. The number of nitrogens with one attached hydrogen (secondary N) is 1. The monoisotopic (exact) mass is 286 g/mol. The van der Waals surface area contributed by atoms with E-state index in [1.165, 1.54) is 18.5 Å². The van der Waals surface area contributed by atoms with Crippen LogP contribution >= 0.6 is 0 Å². The van der Waals surface area contributed by atoms with Crippen LogP contribution in [0.2, 0.25) is 0 Å². The third-order valence-electron chi connectivity index (χ3n) is 3.78. The fraction of sp³-hybridized carbons (Fsp3) is 0.438. The third-order valence-corrected chi connectivity index (χ3v) is 3.78. The average molecular weight is 286 g/mol. The van der Waals surface area contributed by atoms with E-state index in [2.05, 4.69) is 10.4 Å². The normalized spacial score (nSPS) is 14.2. The van der Waals surface area contributed by atoms with Crippen molar-refractivity contribution in [3.8, 4) is 11.4 Å². The highest BCUT2D eigenvalue weighted by molar-refractivity contribution is 5.53.